The second kappa shape index (κ2) is 17.5. The van der Waals surface area contributed by atoms with Gasteiger partial charge in [0.1, 0.15) is 23.0 Å². The number of carboxylic acids is 2. The normalized spacial score (nSPS) is 13.3. The van der Waals surface area contributed by atoms with Crippen molar-refractivity contribution in [2.75, 3.05) is 13.2 Å². The van der Waals surface area contributed by atoms with Crippen LogP contribution in [0.4, 0.5) is 0 Å². The van der Waals surface area contributed by atoms with E-state index >= 15 is 0 Å². The van der Waals surface area contributed by atoms with E-state index < -0.39 is 11.9 Å². The number of ether oxygens (including phenoxy) is 4. The zero-order valence-corrected chi connectivity index (χ0v) is 29.3. The molecule has 0 spiro atoms. The van der Waals surface area contributed by atoms with Crippen molar-refractivity contribution >= 4 is 11.9 Å². The van der Waals surface area contributed by atoms with E-state index in [4.69, 9.17) is 18.9 Å². The summed E-state index contributed by atoms with van der Waals surface area (Å²) in [6.45, 7) is 9.16. The summed E-state index contributed by atoms with van der Waals surface area (Å²) in [6, 6.07) is 22.5. The van der Waals surface area contributed by atoms with E-state index in [1.807, 2.05) is 74.5 Å². The van der Waals surface area contributed by atoms with E-state index in [0.717, 1.165) is 48.3 Å². The molecule has 4 aromatic rings. The Balaban J connectivity index is 0.000000216. The van der Waals surface area contributed by atoms with Gasteiger partial charge >= 0.3 is 16.5 Å². The second-order valence-electron chi connectivity index (χ2n) is 12.1. The van der Waals surface area contributed by atoms with Gasteiger partial charge in [0.2, 0.25) is 0 Å². The van der Waals surface area contributed by atoms with Gasteiger partial charge < -0.3 is 38.7 Å². The number of carboxylic acid groups (broad SMARTS) is 2. The Kier molecular flexibility index (Phi) is 13.4. The summed E-state index contributed by atoms with van der Waals surface area (Å²) in [5, 5.41) is 23.6. The van der Waals surface area contributed by atoms with Crippen LogP contribution >= 0.6 is 0 Å². The largest absolute Gasteiger partial charge is 2.00 e. The molecule has 0 saturated heterocycles. The van der Waals surface area contributed by atoms with E-state index in [2.05, 4.69) is 13.8 Å². The van der Waals surface area contributed by atoms with Crippen LogP contribution in [-0.4, -0.2) is 25.2 Å². The fraction of sp³-hybridized carbons (Fsp3) is 0.350. The van der Waals surface area contributed by atoms with Crippen molar-refractivity contribution in [2.24, 2.45) is 0 Å². The van der Waals surface area contributed by atoms with E-state index in [0.29, 0.717) is 59.8 Å². The van der Waals surface area contributed by atoms with Crippen molar-refractivity contribution in [1.29, 1.82) is 0 Å². The van der Waals surface area contributed by atoms with Gasteiger partial charge in [0.15, 0.2) is 0 Å². The molecular weight excluding hydrogens is 667 g/mol. The van der Waals surface area contributed by atoms with Gasteiger partial charge in [-0.15, -0.1) is 0 Å². The Morgan fingerprint density at radius 3 is 1.39 bits per heavy atom. The molecule has 0 aliphatic carbocycles. The summed E-state index contributed by atoms with van der Waals surface area (Å²) in [6.07, 6.45) is 4.41. The van der Waals surface area contributed by atoms with Crippen molar-refractivity contribution < 1.29 is 55.2 Å². The van der Waals surface area contributed by atoms with Crippen molar-refractivity contribution in [3.8, 4) is 23.0 Å². The SMILES string of the molecule is CCCCOC(C)c1ccc2c(c1C(=O)[O-])Cc1ccccc1O2.CCCCOC(C)c1ccc2c(c1C(=O)[O-])Cc1ccccc1O2.[Ni+2]. The van der Waals surface area contributed by atoms with Crippen LogP contribution in [-0.2, 0) is 38.8 Å². The van der Waals surface area contributed by atoms with Gasteiger partial charge in [0.05, 0.1) is 24.1 Å². The first-order valence-corrected chi connectivity index (χ1v) is 16.7. The predicted octanol–water partition coefficient (Wildman–Crippen LogP) is 7.25. The molecule has 4 aromatic carbocycles. The van der Waals surface area contributed by atoms with Crippen LogP contribution in [0.3, 0.4) is 0 Å². The van der Waals surface area contributed by atoms with Gasteiger partial charge in [-0.2, -0.15) is 0 Å². The minimum Gasteiger partial charge on any atom is -0.545 e. The van der Waals surface area contributed by atoms with Crippen molar-refractivity contribution in [3.63, 3.8) is 0 Å². The number of fused-ring (bicyclic) bond motifs is 4. The molecule has 2 aliphatic rings. The van der Waals surface area contributed by atoms with Crippen LogP contribution < -0.4 is 19.7 Å². The summed E-state index contributed by atoms with van der Waals surface area (Å²) in [5.74, 6) is 0.338. The average Bonchev–Trinajstić information content (AvgIpc) is 3.09. The van der Waals surface area contributed by atoms with E-state index in [1.54, 1.807) is 12.1 Å². The Morgan fingerprint density at radius 1 is 0.633 bits per heavy atom. The first-order chi connectivity index (χ1) is 23.2. The average molecular weight is 709 g/mol. The maximum atomic E-state index is 11.8. The van der Waals surface area contributed by atoms with Gasteiger partial charge in [-0.1, -0.05) is 75.2 Å². The molecule has 0 amide bonds. The molecule has 0 radical (unpaired) electrons. The number of hydrogen-bond donors (Lipinski definition) is 0. The molecule has 2 atom stereocenters. The summed E-state index contributed by atoms with van der Waals surface area (Å²) in [7, 11) is 0. The van der Waals surface area contributed by atoms with E-state index in [1.165, 1.54) is 0 Å². The van der Waals surface area contributed by atoms with Crippen LogP contribution in [0.2, 0.25) is 0 Å². The van der Waals surface area contributed by atoms with Crippen molar-refractivity contribution in [3.05, 3.63) is 117 Å². The second-order valence-corrected chi connectivity index (χ2v) is 12.1. The minimum absolute atomic E-state index is 0. The number of aromatic carboxylic acids is 2. The van der Waals surface area contributed by atoms with E-state index in [-0.39, 0.29) is 39.8 Å². The number of carbonyl (C=O) groups is 2. The number of rotatable bonds is 12. The molecule has 2 heterocycles. The molecule has 9 heteroatoms. The van der Waals surface area contributed by atoms with Gasteiger partial charge in [0.25, 0.3) is 0 Å². The Hall–Kier alpha value is -4.17. The van der Waals surface area contributed by atoms with Crippen LogP contribution in [0.15, 0.2) is 72.8 Å². The zero-order chi connectivity index (χ0) is 34.2. The summed E-state index contributed by atoms with van der Waals surface area (Å²) >= 11 is 0. The van der Waals surface area contributed by atoms with Crippen LogP contribution in [0, 0.1) is 0 Å². The third-order valence-electron chi connectivity index (χ3n) is 8.74. The van der Waals surface area contributed by atoms with Gasteiger partial charge in [-0.25, -0.2) is 0 Å². The summed E-state index contributed by atoms with van der Waals surface area (Å²) in [5.41, 5.74) is 4.97. The maximum Gasteiger partial charge on any atom is 2.00 e. The number of unbranched alkanes of at least 4 members (excludes halogenated alkanes) is 2. The molecule has 8 nitrogen and oxygen atoms in total. The minimum atomic E-state index is -1.18. The maximum absolute atomic E-state index is 11.8. The quantitative estimate of drug-likeness (QED) is 0.0965. The summed E-state index contributed by atoms with van der Waals surface area (Å²) < 4.78 is 23.3. The Labute approximate surface area is 298 Å². The molecule has 0 fully saturated rings. The zero-order valence-electron chi connectivity index (χ0n) is 28.3. The van der Waals surface area contributed by atoms with Gasteiger partial charge in [-0.05, 0) is 73.2 Å². The topological polar surface area (TPSA) is 117 Å². The monoisotopic (exact) mass is 708 g/mol. The summed E-state index contributed by atoms with van der Waals surface area (Å²) in [4.78, 5) is 23.6. The number of carbonyl (C=O) groups excluding carboxylic acids is 2. The molecule has 0 N–H and O–H groups in total. The van der Waals surface area contributed by atoms with Crippen LogP contribution in [0.1, 0.15) is 120 Å². The van der Waals surface area contributed by atoms with E-state index in [9.17, 15) is 19.8 Å². The van der Waals surface area contributed by atoms with Gasteiger partial charge in [-0.3, -0.25) is 0 Å². The standard InChI is InChI=1S/2C20H22O4.Ni/c2*1-3-4-11-23-13(2)15-9-10-18-16(19(15)20(21)22)12-14-7-5-6-8-17(14)24-18;/h2*5-10,13H,3-4,11-12H2,1-2H3,(H,21,22);/q;;+2/p-2. The molecule has 260 valence electrons. The molecular formula is C40H42NiO8. The Bertz CT molecular complexity index is 1640. The van der Waals surface area contributed by atoms with Crippen LogP contribution in [0.25, 0.3) is 0 Å². The fourth-order valence-electron chi connectivity index (χ4n) is 6.10. The molecule has 49 heavy (non-hydrogen) atoms. The van der Waals surface area contributed by atoms with Crippen molar-refractivity contribution in [1.82, 2.24) is 0 Å². The number of hydrogen-bond acceptors (Lipinski definition) is 8. The molecule has 0 aromatic heterocycles. The third kappa shape index (κ3) is 8.71. The molecule has 2 aliphatic heterocycles. The van der Waals surface area contributed by atoms with Crippen molar-refractivity contribution in [2.45, 2.75) is 78.4 Å². The Morgan fingerprint density at radius 2 is 1.02 bits per heavy atom. The van der Waals surface area contributed by atoms with Crippen LogP contribution in [0.5, 0.6) is 23.0 Å². The molecule has 0 bridgehead atoms. The van der Waals surface area contributed by atoms with Gasteiger partial charge in [0, 0.05) is 48.3 Å². The third-order valence-corrected chi connectivity index (χ3v) is 8.74. The number of para-hydroxylation sites is 2. The molecule has 2 unspecified atom stereocenters. The first kappa shape index (κ1) is 37.6. The smallest absolute Gasteiger partial charge is 0.545 e. The molecule has 6 rings (SSSR count). The predicted molar refractivity (Wildman–Crippen MR) is 179 cm³/mol. The fourth-order valence-corrected chi connectivity index (χ4v) is 6.10. The first-order valence-electron chi connectivity index (χ1n) is 16.7. The molecule has 0 saturated carbocycles. The number of benzene rings is 4.